The molecule has 0 aromatic carbocycles. The number of nitrogens with zero attached hydrogens (tertiary/aromatic N) is 2. The van der Waals surface area contributed by atoms with Crippen LogP contribution in [0.1, 0.15) is 25.7 Å². The van der Waals surface area contributed by atoms with Crippen molar-refractivity contribution in [3.63, 3.8) is 0 Å². The lowest BCUT2D eigenvalue weighted by Gasteiger charge is -2.35. The molecule has 0 aromatic rings. The maximum atomic E-state index is 11.7. The van der Waals surface area contributed by atoms with Gasteiger partial charge in [-0.2, -0.15) is 0 Å². The van der Waals surface area contributed by atoms with Gasteiger partial charge in [-0.25, -0.2) is 0 Å². The van der Waals surface area contributed by atoms with Gasteiger partial charge in [0.2, 0.25) is 11.8 Å². The van der Waals surface area contributed by atoms with E-state index in [0.717, 1.165) is 45.3 Å². The molecule has 2 aliphatic rings. The Kier molecular flexibility index (Phi) is 5.37. The van der Waals surface area contributed by atoms with Gasteiger partial charge in [-0.1, -0.05) is 0 Å². The van der Waals surface area contributed by atoms with Crippen LogP contribution in [-0.2, 0) is 9.59 Å². The summed E-state index contributed by atoms with van der Waals surface area (Å²) in [6.07, 6.45) is 4.00. The van der Waals surface area contributed by atoms with Crippen LogP contribution in [0.3, 0.4) is 0 Å². The number of likely N-dealkylation sites (tertiary alicyclic amines) is 1. The summed E-state index contributed by atoms with van der Waals surface area (Å²) < 4.78 is 0. The van der Waals surface area contributed by atoms with E-state index in [-0.39, 0.29) is 17.9 Å². The Labute approximate surface area is 120 Å². The number of hydrogen-bond acceptors (Lipinski definition) is 4. The molecule has 0 aliphatic carbocycles. The van der Waals surface area contributed by atoms with Crippen molar-refractivity contribution in [2.45, 2.75) is 37.8 Å². The fourth-order valence-corrected chi connectivity index (χ4v) is 2.81. The van der Waals surface area contributed by atoms with Crippen LogP contribution in [0.4, 0.5) is 0 Å². The molecule has 2 aliphatic heterocycles. The van der Waals surface area contributed by atoms with Crippen LogP contribution in [0.25, 0.3) is 0 Å². The van der Waals surface area contributed by atoms with Crippen LogP contribution in [0.2, 0.25) is 0 Å². The molecule has 1 atom stereocenters. The lowest BCUT2D eigenvalue weighted by Crippen LogP contribution is -2.54. The predicted molar refractivity (Wildman–Crippen MR) is 77.3 cm³/mol. The number of amides is 2. The minimum atomic E-state index is -0.0243. The van der Waals surface area contributed by atoms with Gasteiger partial charge in [0, 0.05) is 39.8 Å². The first-order valence-electron chi connectivity index (χ1n) is 7.52. The minimum absolute atomic E-state index is 0.0243. The standard InChI is InChI=1S/C14H26N4O2/c1-17(2)13(19)10-18-8-5-11(6-9-18)16-12-4-3-7-15-14(12)20/h11-12,16H,3-10H2,1-2H3,(H,15,20). The summed E-state index contributed by atoms with van der Waals surface area (Å²) in [6, 6.07) is 0.373. The highest BCUT2D eigenvalue weighted by Crippen LogP contribution is 2.13. The number of hydrogen-bond donors (Lipinski definition) is 2. The molecular formula is C14H26N4O2. The zero-order chi connectivity index (χ0) is 14.5. The van der Waals surface area contributed by atoms with Crippen molar-refractivity contribution in [3.05, 3.63) is 0 Å². The van der Waals surface area contributed by atoms with E-state index in [9.17, 15) is 9.59 Å². The first-order valence-corrected chi connectivity index (χ1v) is 7.52. The van der Waals surface area contributed by atoms with Crippen LogP contribution in [0.5, 0.6) is 0 Å². The molecule has 2 saturated heterocycles. The van der Waals surface area contributed by atoms with E-state index >= 15 is 0 Å². The van der Waals surface area contributed by atoms with Gasteiger partial charge >= 0.3 is 0 Å². The molecule has 2 fully saturated rings. The third-order valence-electron chi connectivity index (χ3n) is 4.17. The second-order valence-corrected chi connectivity index (χ2v) is 5.99. The summed E-state index contributed by atoms with van der Waals surface area (Å²) in [5, 5.41) is 6.38. The number of rotatable bonds is 4. The van der Waals surface area contributed by atoms with Crippen molar-refractivity contribution in [2.24, 2.45) is 0 Å². The fourth-order valence-electron chi connectivity index (χ4n) is 2.81. The number of nitrogens with one attached hydrogen (secondary N) is 2. The van der Waals surface area contributed by atoms with Crippen molar-refractivity contribution >= 4 is 11.8 Å². The Morgan fingerprint density at radius 1 is 1.35 bits per heavy atom. The predicted octanol–water partition coefficient (Wildman–Crippen LogP) is -0.593. The highest BCUT2D eigenvalue weighted by molar-refractivity contribution is 5.82. The van der Waals surface area contributed by atoms with Gasteiger partial charge in [-0.05, 0) is 25.7 Å². The molecule has 0 bridgehead atoms. The Morgan fingerprint density at radius 3 is 2.65 bits per heavy atom. The quantitative estimate of drug-likeness (QED) is 0.723. The summed E-state index contributed by atoms with van der Waals surface area (Å²) in [6.45, 7) is 3.16. The van der Waals surface area contributed by atoms with Gasteiger partial charge in [-0.15, -0.1) is 0 Å². The molecule has 2 amide bonds. The maximum Gasteiger partial charge on any atom is 0.237 e. The molecule has 114 valence electrons. The van der Waals surface area contributed by atoms with Gasteiger partial charge in [0.25, 0.3) is 0 Å². The van der Waals surface area contributed by atoms with Gasteiger partial charge in [0.1, 0.15) is 0 Å². The third kappa shape index (κ3) is 4.18. The van der Waals surface area contributed by atoms with E-state index in [1.807, 2.05) is 0 Å². The van der Waals surface area contributed by atoms with E-state index in [0.29, 0.717) is 12.6 Å². The second kappa shape index (κ2) is 7.04. The van der Waals surface area contributed by atoms with Crippen LogP contribution in [0, 0.1) is 0 Å². The molecule has 2 rings (SSSR count). The number of likely N-dealkylation sites (N-methyl/N-ethyl adjacent to an activating group) is 1. The molecule has 6 nitrogen and oxygen atoms in total. The van der Waals surface area contributed by atoms with Crippen LogP contribution in [0.15, 0.2) is 0 Å². The number of carbonyl (C=O) groups excluding carboxylic acids is 2. The van der Waals surface area contributed by atoms with E-state index in [4.69, 9.17) is 0 Å². The Hall–Kier alpha value is -1.14. The topological polar surface area (TPSA) is 64.7 Å². The molecule has 2 heterocycles. The lowest BCUT2D eigenvalue weighted by molar-refractivity contribution is -0.130. The summed E-state index contributed by atoms with van der Waals surface area (Å²) in [7, 11) is 3.58. The zero-order valence-corrected chi connectivity index (χ0v) is 12.5. The zero-order valence-electron chi connectivity index (χ0n) is 12.5. The van der Waals surface area contributed by atoms with Crippen LogP contribution < -0.4 is 10.6 Å². The van der Waals surface area contributed by atoms with Crippen molar-refractivity contribution in [1.29, 1.82) is 0 Å². The normalized spacial score (nSPS) is 25.3. The molecule has 6 heteroatoms. The molecule has 2 N–H and O–H groups in total. The Bertz CT molecular complexity index is 351. The van der Waals surface area contributed by atoms with Crippen molar-refractivity contribution in [2.75, 3.05) is 40.3 Å². The van der Waals surface area contributed by atoms with Gasteiger partial charge < -0.3 is 15.5 Å². The Balaban J connectivity index is 1.71. The SMILES string of the molecule is CN(C)C(=O)CN1CCC(NC2CCCNC2=O)CC1. The summed E-state index contributed by atoms with van der Waals surface area (Å²) >= 11 is 0. The van der Waals surface area contributed by atoms with E-state index in [1.165, 1.54) is 0 Å². The van der Waals surface area contributed by atoms with Crippen LogP contribution in [-0.4, -0.2) is 74.0 Å². The molecular weight excluding hydrogens is 256 g/mol. The second-order valence-electron chi connectivity index (χ2n) is 5.99. The molecule has 0 spiro atoms. The fraction of sp³-hybridized carbons (Fsp3) is 0.857. The number of carbonyl (C=O) groups is 2. The molecule has 20 heavy (non-hydrogen) atoms. The highest BCUT2D eigenvalue weighted by Gasteiger charge is 2.27. The van der Waals surface area contributed by atoms with Gasteiger partial charge in [0.05, 0.1) is 12.6 Å². The van der Waals surface area contributed by atoms with Crippen LogP contribution >= 0.6 is 0 Å². The smallest absolute Gasteiger partial charge is 0.237 e. The van der Waals surface area contributed by atoms with Crippen molar-refractivity contribution in [1.82, 2.24) is 20.4 Å². The summed E-state index contributed by atoms with van der Waals surface area (Å²) in [4.78, 5) is 27.2. The van der Waals surface area contributed by atoms with E-state index < -0.39 is 0 Å². The molecule has 0 radical (unpaired) electrons. The van der Waals surface area contributed by atoms with Crippen molar-refractivity contribution in [3.8, 4) is 0 Å². The summed E-state index contributed by atoms with van der Waals surface area (Å²) in [5.41, 5.74) is 0. The summed E-state index contributed by atoms with van der Waals surface area (Å²) in [5.74, 6) is 0.296. The number of piperidine rings is 2. The van der Waals surface area contributed by atoms with Crippen molar-refractivity contribution < 1.29 is 9.59 Å². The van der Waals surface area contributed by atoms with E-state index in [2.05, 4.69) is 15.5 Å². The monoisotopic (exact) mass is 282 g/mol. The largest absolute Gasteiger partial charge is 0.355 e. The minimum Gasteiger partial charge on any atom is -0.355 e. The van der Waals surface area contributed by atoms with Gasteiger partial charge in [-0.3, -0.25) is 14.5 Å². The first kappa shape index (κ1) is 15.3. The average molecular weight is 282 g/mol. The lowest BCUT2D eigenvalue weighted by atomic mass is 10.0. The molecule has 0 aromatic heterocycles. The third-order valence-corrected chi connectivity index (χ3v) is 4.17. The Morgan fingerprint density at radius 2 is 2.05 bits per heavy atom. The highest BCUT2D eigenvalue weighted by atomic mass is 16.2. The maximum absolute atomic E-state index is 11.7. The molecule has 0 saturated carbocycles. The van der Waals surface area contributed by atoms with Gasteiger partial charge in [0.15, 0.2) is 0 Å². The average Bonchev–Trinajstić information content (AvgIpc) is 2.43. The first-order chi connectivity index (χ1) is 9.56. The van der Waals surface area contributed by atoms with E-state index in [1.54, 1.807) is 19.0 Å². The molecule has 1 unspecified atom stereocenters.